The highest BCUT2D eigenvalue weighted by Crippen LogP contribution is 2.26. The third-order valence-corrected chi connectivity index (χ3v) is 3.14. The standard InChI is InChI=1S/C9H13ClN2O2S.ClH/c1-5(11)9(14)12-4-6(13)7-2-3-8(10)15-7;/h2-3,5-6,13H,4,11H2,1H3,(H,12,14);1H/t5-,6?;/m1./s1. The summed E-state index contributed by atoms with van der Waals surface area (Å²) >= 11 is 7.01. The van der Waals surface area contributed by atoms with Gasteiger partial charge in [-0.2, -0.15) is 0 Å². The van der Waals surface area contributed by atoms with Gasteiger partial charge >= 0.3 is 0 Å². The van der Waals surface area contributed by atoms with E-state index in [9.17, 15) is 9.90 Å². The van der Waals surface area contributed by atoms with E-state index in [1.165, 1.54) is 11.3 Å². The molecule has 16 heavy (non-hydrogen) atoms. The van der Waals surface area contributed by atoms with E-state index >= 15 is 0 Å². The lowest BCUT2D eigenvalue weighted by atomic mass is 10.2. The molecule has 1 aromatic rings. The minimum atomic E-state index is -0.731. The molecule has 0 aliphatic carbocycles. The molecular weight excluding hydrogens is 271 g/mol. The van der Waals surface area contributed by atoms with Gasteiger partial charge in [0.15, 0.2) is 0 Å². The molecule has 0 aromatic carbocycles. The number of aliphatic hydroxyl groups excluding tert-OH is 1. The lowest BCUT2D eigenvalue weighted by Crippen LogP contribution is -2.40. The molecule has 92 valence electrons. The fraction of sp³-hybridized carbons (Fsp3) is 0.444. The Balaban J connectivity index is 0.00000225. The molecule has 0 bridgehead atoms. The molecule has 0 spiro atoms. The zero-order valence-electron chi connectivity index (χ0n) is 8.64. The number of carbonyl (C=O) groups is 1. The van der Waals surface area contributed by atoms with Crippen LogP contribution in [0.15, 0.2) is 12.1 Å². The number of carbonyl (C=O) groups excluding carboxylic acids is 1. The number of hydrogen-bond donors (Lipinski definition) is 3. The zero-order chi connectivity index (χ0) is 11.4. The van der Waals surface area contributed by atoms with Crippen molar-refractivity contribution < 1.29 is 9.90 Å². The summed E-state index contributed by atoms with van der Waals surface area (Å²) in [5.74, 6) is -0.281. The maximum Gasteiger partial charge on any atom is 0.236 e. The molecule has 0 aliphatic heterocycles. The Kier molecular flexibility index (Phi) is 6.94. The quantitative estimate of drug-likeness (QED) is 0.781. The van der Waals surface area contributed by atoms with Gasteiger partial charge in [-0.25, -0.2) is 0 Å². The van der Waals surface area contributed by atoms with Crippen LogP contribution in [0.2, 0.25) is 4.34 Å². The molecule has 0 saturated carbocycles. The number of aliphatic hydroxyl groups is 1. The Bertz CT molecular complexity index is 344. The van der Waals surface area contributed by atoms with Crippen LogP contribution in [-0.2, 0) is 4.79 Å². The van der Waals surface area contributed by atoms with Crippen molar-refractivity contribution in [3.63, 3.8) is 0 Å². The number of hydrogen-bond acceptors (Lipinski definition) is 4. The number of halogens is 2. The Labute approximate surface area is 109 Å². The van der Waals surface area contributed by atoms with Crippen molar-refractivity contribution in [3.05, 3.63) is 21.3 Å². The summed E-state index contributed by atoms with van der Waals surface area (Å²) < 4.78 is 0.613. The smallest absolute Gasteiger partial charge is 0.236 e. The summed E-state index contributed by atoms with van der Waals surface area (Å²) in [6.45, 7) is 1.74. The predicted molar refractivity (Wildman–Crippen MR) is 68.2 cm³/mol. The van der Waals surface area contributed by atoms with Crippen molar-refractivity contribution in [1.82, 2.24) is 5.32 Å². The Morgan fingerprint density at radius 2 is 2.31 bits per heavy atom. The maximum absolute atomic E-state index is 11.1. The van der Waals surface area contributed by atoms with Gasteiger partial charge in [0.25, 0.3) is 0 Å². The molecule has 4 N–H and O–H groups in total. The largest absolute Gasteiger partial charge is 0.386 e. The molecular formula is C9H14Cl2N2O2S. The molecule has 1 amide bonds. The SMILES string of the molecule is C[C@@H](N)C(=O)NCC(O)c1ccc(Cl)s1.Cl. The molecule has 1 aromatic heterocycles. The average molecular weight is 285 g/mol. The van der Waals surface area contributed by atoms with E-state index in [4.69, 9.17) is 17.3 Å². The monoisotopic (exact) mass is 284 g/mol. The highest BCUT2D eigenvalue weighted by Gasteiger charge is 2.13. The normalized spacial score (nSPS) is 13.8. The molecule has 0 saturated heterocycles. The van der Waals surface area contributed by atoms with Crippen molar-refractivity contribution >= 4 is 41.3 Å². The lowest BCUT2D eigenvalue weighted by molar-refractivity contribution is -0.122. The molecule has 0 radical (unpaired) electrons. The van der Waals surface area contributed by atoms with Gasteiger partial charge in [-0.05, 0) is 19.1 Å². The number of rotatable bonds is 4. The van der Waals surface area contributed by atoms with Gasteiger partial charge in [0.2, 0.25) is 5.91 Å². The predicted octanol–water partition coefficient (Wildman–Crippen LogP) is 1.32. The van der Waals surface area contributed by atoms with Crippen molar-refractivity contribution in [2.75, 3.05) is 6.54 Å². The van der Waals surface area contributed by atoms with Gasteiger partial charge in [0, 0.05) is 11.4 Å². The molecule has 0 aliphatic rings. The molecule has 1 heterocycles. The first-order valence-corrected chi connectivity index (χ1v) is 5.66. The number of amides is 1. The van der Waals surface area contributed by atoms with Gasteiger partial charge in [-0.1, -0.05) is 11.6 Å². The van der Waals surface area contributed by atoms with Gasteiger partial charge in [-0.15, -0.1) is 23.7 Å². The molecule has 1 rings (SSSR count). The van der Waals surface area contributed by atoms with E-state index in [0.717, 1.165) is 4.88 Å². The fourth-order valence-electron chi connectivity index (χ4n) is 0.966. The summed E-state index contributed by atoms with van der Waals surface area (Å²) in [7, 11) is 0. The lowest BCUT2D eigenvalue weighted by Gasteiger charge is -2.11. The molecule has 4 nitrogen and oxygen atoms in total. The summed E-state index contributed by atoms with van der Waals surface area (Å²) in [5.41, 5.74) is 5.35. The first-order chi connectivity index (χ1) is 7.00. The number of nitrogens with one attached hydrogen (secondary N) is 1. The Morgan fingerprint density at radius 1 is 1.69 bits per heavy atom. The van der Waals surface area contributed by atoms with Gasteiger partial charge in [0.1, 0.15) is 6.10 Å². The second-order valence-electron chi connectivity index (χ2n) is 3.19. The summed E-state index contributed by atoms with van der Waals surface area (Å²) in [6.07, 6.45) is -0.731. The molecule has 0 fully saturated rings. The molecule has 7 heteroatoms. The van der Waals surface area contributed by atoms with Crippen LogP contribution in [-0.4, -0.2) is 23.6 Å². The number of thiophene rings is 1. The van der Waals surface area contributed by atoms with E-state index in [1.54, 1.807) is 19.1 Å². The summed E-state index contributed by atoms with van der Waals surface area (Å²) in [4.78, 5) is 11.8. The summed E-state index contributed by atoms with van der Waals surface area (Å²) in [5, 5.41) is 12.2. The highest BCUT2D eigenvalue weighted by molar-refractivity contribution is 7.16. The van der Waals surface area contributed by atoms with Crippen LogP contribution in [0.5, 0.6) is 0 Å². The van der Waals surface area contributed by atoms with E-state index < -0.39 is 12.1 Å². The third kappa shape index (κ3) is 4.67. The second-order valence-corrected chi connectivity index (χ2v) is 4.94. The van der Waals surface area contributed by atoms with Crippen LogP contribution in [0, 0.1) is 0 Å². The number of nitrogens with two attached hydrogens (primary N) is 1. The van der Waals surface area contributed by atoms with Crippen molar-refractivity contribution in [2.24, 2.45) is 5.73 Å². The highest BCUT2D eigenvalue weighted by atomic mass is 35.5. The van der Waals surface area contributed by atoms with Crippen molar-refractivity contribution in [1.29, 1.82) is 0 Å². The molecule has 2 atom stereocenters. The van der Waals surface area contributed by atoms with E-state index in [2.05, 4.69) is 5.32 Å². The Hall–Kier alpha value is -0.330. The summed E-state index contributed by atoms with van der Waals surface area (Å²) in [6, 6.07) is 2.87. The van der Waals surface area contributed by atoms with Crippen LogP contribution >= 0.6 is 35.3 Å². The maximum atomic E-state index is 11.1. The van der Waals surface area contributed by atoms with Gasteiger partial charge < -0.3 is 16.2 Å². The molecule has 1 unspecified atom stereocenters. The third-order valence-electron chi connectivity index (χ3n) is 1.81. The van der Waals surface area contributed by atoms with E-state index in [0.29, 0.717) is 4.34 Å². The fourth-order valence-corrected chi connectivity index (χ4v) is 2.01. The van der Waals surface area contributed by atoms with Crippen LogP contribution in [0.1, 0.15) is 17.9 Å². The zero-order valence-corrected chi connectivity index (χ0v) is 11.0. The van der Waals surface area contributed by atoms with Crippen LogP contribution in [0.25, 0.3) is 0 Å². The van der Waals surface area contributed by atoms with Crippen LogP contribution < -0.4 is 11.1 Å². The topological polar surface area (TPSA) is 75.4 Å². The van der Waals surface area contributed by atoms with E-state index in [1.807, 2.05) is 0 Å². The first-order valence-electron chi connectivity index (χ1n) is 4.47. The van der Waals surface area contributed by atoms with Crippen LogP contribution in [0.3, 0.4) is 0 Å². The minimum absolute atomic E-state index is 0. The Morgan fingerprint density at radius 3 is 2.75 bits per heavy atom. The van der Waals surface area contributed by atoms with Crippen LogP contribution in [0.4, 0.5) is 0 Å². The van der Waals surface area contributed by atoms with Crippen molar-refractivity contribution in [3.8, 4) is 0 Å². The minimum Gasteiger partial charge on any atom is -0.386 e. The second kappa shape index (κ2) is 7.09. The first kappa shape index (κ1) is 15.7. The average Bonchev–Trinajstić information content (AvgIpc) is 2.60. The van der Waals surface area contributed by atoms with Gasteiger partial charge in [0.05, 0.1) is 10.4 Å². The van der Waals surface area contributed by atoms with Crippen molar-refractivity contribution in [2.45, 2.75) is 19.1 Å². The van der Waals surface area contributed by atoms with E-state index in [-0.39, 0.29) is 24.9 Å². The van der Waals surface area contributed by atoms with Gasteiger partial charge in [-0.3, -0.25) is 4.79 Å².